The van der Waals surface area contributed by atoms with E-state index in [0.29, 0.717) is 12.5 Å². The molecule has 22 heavy (non-hydrogen) atoms. The van der Waals surface area contributed by atoms with Crippen LogP contribution in [0.1, 0.15) is 26.5 Å². The first-order valence-corrected chi connectivity index (χ1v) is 7.15. The van der Waals surface area contributed by atoms with Crippen molar-refractivity contribution in [3.05, 3.63) is 48.5 Å². The molecule has 7 nitrogen and oxygen atoms in total. The van der Waals surface area contributed by atoms with Crippen molar-refractivity contribution in [2.45, 2.75) is 32.9 Å². The fraction of sp³-hybridized carbons (Fsp3) is 0.333. The molecule has 0 atom stereocenters. The lowest BCUT2D eigenvalue weighted by Crippen LogP contribution is -2.22. The number of para-hydroxylation sites is 1. The minimum Gasteiger partial charge on any atom is -0.348 e. The molecular weight excluding hydrogens is 278 g/mol. The Labute approximate surface area is 129 Å². The Morgan fingerprint density at radius 2 is 1.86 bits per heavy atom. The second kappa shape index (κ2) is 5.59. The maximum Gasteiger partial charge on any atom is 0.229 e. The van der Waals surface area contributed by atoms with Crippen molar-refractivity contribution in [1.29, 1.82) is 0 Å². The number of nitrogens with one attached hydrogen (secondary N) is 1. The topological polar surface area (TPSA) is 73.5 Å². The van der Waals surface area contributed by atoms with Crippen LogP contribution in [-0.4, -0.2) is 29.8 Å². The summed E-state index contributed by atoms with van der Waals surface area (Å²) in [7, 11) is 0. The van der Waals surface area contributed by atoms with Crippen molar-refractivity contribution < 1.29 is 0 Å². The van der Waals surface area contributed by atoms with E-state index in [0.717, 1.165) is 11.4 Å². The Bertz CT molecular complexity index is 737. The molecule has 7 heteroatoms. The predicted molar refractivity (Wildman–Crippen MR) is 83.7 cm³/mol. The highest BCUT2D eigenvalue weighted by atomic mass is 15.4. The van der Waals surface area contributed by atoms with Gasteiger partial charge in [-0.3, -0.25) is 4.57 Å². The summed E-state index contributed by atoms with van der Waals surface area (Å²) in [5, 5.41) is 19.7. The highest BCUT2D eigenvalue weighted by Crippen LogP contribution is 2.14. The fourth-order valence-corrected chi connectivity index (χ4v) is 2.01. The molecule has 0 fully saturated rings. The molecule has 2 heterocycles. The van der Waals surface area contributed by atoms with Gasteiger partial charge in [0, 0.05) is 0 Å². The molecule has 0 saturated carbocycles. The van der Waals surface area contributed by atoms with Gasteiger partial charge in [0.2, 0.25) is 5.95 Å². The van der Waals surface area contributed by atoms with Crippen LogP contribution < -0.4 is 5.32 Å². The third-order valence-corrected chi connectivity index (χ3v) is 3.24. The van der Waals surface area contributed by atoms with Gasteiger partial charge >= 0.3 is 0 Å². The first-order chi connectivity index (χ1) is 10.5. The van der Waals surface area contributed by atoms with Crippen LogP contribution in [0.25, 0.3) is 5.69 Å². The molecule has 2 aromatic heterocycles. The van der Waals surface area contributed by atoms with Gasteiger partial charge in [0.1, 0.15) is 12.0 Å². The molecule has 0 aliphatic heterocycles. The number of benzene rings is 1. The van der Waals surface area contributed by atoms with Crippen LogP contribution in [0, 0.1) is 0 Å². The average molecular weight is 297 g/mol. The van der Waals surface area contributed by atoms with Crippen molar-refractivity contribution in [1.82, 2.24) is 29.8 Å². The molecule has 114 valence electrons. The Hall–Kier alpha value is -2.70. The SMILES string of the molecule is CC(C)(C)n1cc(CNc2nncn2-c2ccccc2)nn1. The number of hydrogen-bond acceptors (Lipinski definition) is 5. The van der Waals surface area contributed by atoms with Crippen molar-refractivity contribution in [2.24, 2.45) is 0 Å². The lowest BCUT2D eigenvalue weighted by molar-refractivity contribution is 0.347. The van der Waals surface area contributed by atoms with Gasteiger partial charge in [-0.25, -0.2) is 4.68 Å². The largest absolute Gasteiger partial charge is 0.348 e. The first kappa shape index (κ1) is 14.2. The van der Waals surface area contributed by atoms with E-state index in [1.807, 2.05) is 45.8 Å². The number of rotatable bonds is 4. The van der Waals surface area contributed by atoms with Crippen molar-refractivity contribution >= 4 is 5.95 Å². The van der Waals surface area contributed by atoms with Crippen molar-refractivity contribution in [2.75, 3.05) is 5.32 Å². The minimum atomic E-state index is -0.0741. The zero-order chi connectivity index (χ0) is 15.6. The Kier molecular flexibility index (Phi) is 3.62. The van der Waals surface area contributed by atoms with Crippen molar-refractivity contribution in [3.63, 3.8) is 0 Å². The number of aromatic nitrogens is 6. The zero-order valence-electron chi connectivity index (χ0n) is 12.9. The molecule has 0 radical (unpaired) electrons. The molecular formula is C15H19N7. The van der Waals surface area contributed by atoms with Gasteiger partial charge in [-0.1, -0.05) is 23.4 Å². The Balaban J connectivity index is 1.73. The lowest BCUT2D eigenvalue weighted by atomic mass is 10.1. The predicted octanol–water partition coefficient (Wildman–Crippen LogP) is 2.23. The van der Waals surface area contributed by atoms with Gasteiger partial charge in [0.05, 0.1) is 24.0 Å². The van der Waals surface area contributed by atoms with E-state index < -0.39 is 0 Å². The molecule has 0 aliphatic carbocycles. The molecule has 0 aliphatic rings. The van der Waals surface area contributed by atoms with Gasteiger partial charge in [-0.05, 0) is 32.9 Å². The molecule has 0 spiro atoms. The van der Waals surface area contributed by atoms with Crippen LogP contribution in [0.4, 0.5) is 5.95 Å². The maximum absolute atomic E-state index is 4.18. The standard InChI is InChI=1S/C15H19N7/c1-15(2,3)22-10-12(18-20-22)9-16-14-19-17-11-21(14)13-7-5-4-6-8-13/h4-8,10-11H,9H2,1-3H3,(H,16,19). The molecule has 1 aromatic carbocycles. The summed E-state index contributed by atoms with van der Waals surface area (Å²) < 4.78 is 3.75. The van der Waals surface area contributed by atoms with Gasteiger partial charge < -0.3 is 5.32 Å². The lowest BCUT2D eigenvalue weighted by Gasteiger charge is -2.17. The summed E-state index contributed by atoms with van der Waals surface area (Å²) in [5.74, 6) is 0.677. The monoisotopic (exact) mass is 297 g/mol. The number of hydrogen-bond donors (Lipinski definition) is 1. The maximum atomic E-state index is 4.18. The minimum absolute atomic E-state index is 0.0741. The molecule has 0 bridgehead atoms. The van der Waals surface area contributed by atoms with E-state index in [1.54, 1.807) is 6.33 Å². The molecule has 0 amide bonds. The van der Waals surface area contributed by atoms with Gasteiger partial charge in [-0.15, -0.1) is 15.3 Å². The molecule has 3 rings (SSSR count). The third-order valence-electron chi connectivity index (χ3n) is 3.24. The molecule has 1 N–H and O–H groups in total. The smallest absolute Gasteiger partial charge is 0.229 e. The summed E-state index contributed by atoms with van der Waals surface area (Å²) in [6, 6.07) is 9.95. The van der Waals surface area contributed by atoms with E-state index in [2.05, 4.69) is 46.6 Å². The van der Waals surface area contributed by atoms with Crippen LogP contribution in [0.5, 0.6) is 0 Å². The van der Waals surface area contributed by atoms with Gasteiger partial charge in [0.25, 0.3) is 0 Å². The van der Waals surface area contributed by atoms with Crippen LogP contribution in [0.2, 0.25) is 0 Å². The van der Waals surface area contributed by atoms with Crippen molar-refractivity contribution in [3.8, 4) is 5.69 Å². The summed E-state index contributed by atoms with van der Waals surface area (Å²) in [6.07, 6.45) is 3.62. The van der Waals surface area contributed by atoms with E-state index in [9.17, 15) is 0 Å². The van der Waals surface area contributed by atoms with Crippen LogP contribution in [0.3, 0.4) is 0 Å². The summed E-state index contributed by atoms with van der Waals surface area (Å²) in [4.78, 5) is 0. The Morgan fingerprint density at radius 1 is 1.09 bits per heavy atom. The molecule has 0 unspecified atom stereocenters. The van der Waals surface area contributed by atoms with Crippen LogP contribution in [0.15, 0.2) is 42.9 Å². The number of anilines is 1. The molecule has 0 saturated heterocycles. The normalized spacial score (nSPS) is 11.6. The van der Waals surface area contributed by atoms with E-state index >= 15 is 0 Å². The third kappa shape index (κ3) is 2.98. The second-order valence-corrected chi connectivity index (χ2v) is 6.04. The number of nitrogens with zero attached hydrogens (tertiary/aromatic N) is 6. The van der Waals surface area contributed by atoms with Gasteiger partial charge in [0.15, 0.2) is 0 Å². The zero-order valence-corrected chi connectivity index (χ0v) is 12.9. The highest BCUT2D eigenvalue weighted by molar-refractivity contribution is 5.40. The summed E-state index contributed by atoms with van der Waals surface area (Å²) in [5.41, 5.74) is 1.79. The van der Waals surface area contributed by atoms with E-state index in [1.165, 1.54) is 0 Å². The van der Waals surface area contributed by atoms with E-state index in [-0.39, 0.29) is 5.54 Å². The highest BCUT2D eigenvalue weighted by Gasteiger charge is 2.15. The Morgan fingerprint density at radius 3 is 2.55 bits per heavy atom. The average Bonchev–Trinajstić information content (AvgIpc) is 3.14. The van der Waals surface area contributed by atoms with E-state index in [4.69, 9.17) is 0 Å². The fourth-order valence-electron chi connectivity index (χ4n) is 2.01. The van der Waals surface area contributed by atoms with Crippen LogP contribution in [-0.2, 0) is 12.1 Å². The quantitative estimate of drug-likeness (QED) is 0.799. The first-order valence-electron chi connectivity index (χ1n) is 7.15. The summed E-state index contributed by atoms with van der Waals surface area (Å²) >= 11 is 0. The summed E-state index contributed by atoms with van der Waals surface area (Å²) in [6.45, 7) is 6.81. The second-order valence-electron chi connectivity index (χ2n) is 6.04. The van der Waals surface area contributed by atoms with Gasteiger partial charge in [-0.2, -0.15) is 0 Å². The molecule has 3 aromatic rings. The van der Waals surface area contributed by atoms with Crippen LogP contribution >= 0.6 is 0 Å².